The number of aliphatic imine (C=N–C) groups is 1. The van der Waals surface area contributed by atoms with E-state index in [0.29, 0.717) is 19.4 Å². The van der Waals surface area contributed by atoms with Gasteiger partial charge in [0.05, 0.1) is 24.3 Å². The van der Waals surface area contributed by atoms with Crippen LogP contribution in [0.15, 0.2) is 59.6 Å². The number of aliphatic hydroxyl groups excluding tert-OH is 1. The van der Waals surface area contributed by atoms with Crippen molar-refractivity contribution >= 4 is 17.3 Å². The predicted octanol–water partition coefficient (Wildman–Crippen LogP) is 4.77. The summed E-state index contributed by atoms with van der Waals surface area (Å²) in [4.78, 5) is 20.5. The van der Waals surface area contributed by atoms with Crippen LogP contribution in [0.1, 0.15) is 63.5 Å². The Morgan fingerprint density at radius 1 is 1.06 bits per heavy atom. The number of carbonyl (C=O) groups is 1. The molecule has 1 aliphatic heterocycles. The van der Waals surface area contributed by atoms with E-state index in [9.17, 15) is 9.90 Å². The molecule has 2 unspecified atom stereocenters. The number of benzene rings is 2. The Kier molecular flexibility index (Phi) is 8.86. The van der Waals surface area contributed by atoms with Gasteiger partial charge in [0.15, 0.2) is 0 Å². The van der Waals surface area contributed by atoms with Gasteiger partial charge in [0.25, 0.3) is 0 Å². The quantitative estimate of drug-likeness (QED) is 0.565. The van der Waals surface area contributed by atoms with Crippen LogP contribution < -0.4 is 10.2 Å². The van der Waals surface area contributed by atoms with Crippen molar-refractivity contribution in [3.05, 3.63) is 65.7 Å². The molecule has 0 aliphatic carbocycles. The summed E-state index contributed by atoms with van der Waals surface area (Å²) in [5.74, 6) is -0.490. The second-order valence-electron chi connectivity index (χ2n) is 8.72. The van der Waals surface area contributed by atoms with Crippen molar-refractivity contribution in [3.63, 3.8) is 0 Å². The minimum absolute atomic E-state index is 0.0948. The van der Waals surface area contributed by atoms with E-state index in [-0.39, 0.29) is 5.91 Å². The van der Waals surface area contributed by atoms with E-state index < -0.39 is 18.2 Å². The third-order valence-electron chi connectivity index (χ3n) is 6.18. The smallest absolute Gasteiger partial charge is 0.227 e. The number of likely N-dealkylation sites (N-methyl/N-ethyl adjacent to an activating group) is 1. The van der Waals surface area contributed by atoms with Gasteiger partial charge >= 0.3 is 0 Å². The van der Waals surface area contributed by atoms with Gasteiger partial charge in [-0.2, -0.15) is 0 Å². The summed E-state index contributed by atoms with van der Waals surface area (Å²) < 4.78 is 0. The molecule has 0 saturated heterocycles. The van der Waals surface area contributed by atoms with Gasteiger partial charge in [-0.25, -0.2) is 0 Å². The van der Waals surface area contributed by atoms with Gasteiger partial charge in [0.2, 0.25) is 5.91 Å². The Hall–Kier alpha value is -2.66. The first-order valence-corrected chi connectivity index (χ1v) is 12.0. The highest BCUT2D eigenvalue weighted by Gasteiger charge is 2.29. The van der Waals surface area contributed by atoms with Crippen LogP contribution in [0.2, 0.25) is 0 Å². The summed E-state index contributed by atoms with van der Waals surface area (Å²) in [5, 5.41) is 13.9. The lowest BCUT2D eigenvalue weighted by Gasteiger charge is -2.26. The average Bonchev–Trinajstić information content (AvgIpc) is 2.95. The summed E-state index contributed by atoms with van der Waals surface area (Å²) in [5.41, 5.74) is 4.06. The van der Waals surface area contributed by atoms with Gasteiger partial charge in [-0.1, -0.05) is 88.1 Å². The van der Waals surface area contributed by atoms with Crippen LogP contribution in [0, 0.1) is 5.92 Å². The molecule has 1 amide bonds. The highest BCUT2D eigenvalue weighted by Crippen LogP contribution is 2.27. The highest BCUT2D eigenvalue weighted by atomic mass is 16.3. The Labute approximate surface area is 192 Å². The number of unbranched alkanes of at least 4 members (excludes halogenated alkanes) is 2. The third kappa shape index (κ3) is 5.98. The molecule has 2 aromatic rings. The Bertz CT molecular complexity index is 897. The fraction of sp³-hybridized carbons (Fsp3) is 0.481. The molecule has 1 aliphatic rings. The first kappa shape index (κ1) is 24.0. The molecular weight excluding hydrogens is 398 g/mol. The van der Waals surface area contributed by atoms with E-state index in [2.05, 4.69) is 48.3 Å². The number of hydrogen-bond donors (Lipinski definition) is 2. The third-order valence-corrected chi connectivity index (χ3v) is 6.18. The van der Waals surface area contributed by atoms with Gasteiger partial charge in [-0.15, -0.1) is 0 Å². The monoisotopic (exact) mass is 435 g/mol. The maximum absolute atomic E-state index is 13.3. The van der Waals surface area contributed by atoms with E-state index in [0.717, 1.165) is 48.2 Å². The van der Waals surface area contributed by atoms with Gasteiger partial charge in [0, 0.05) is 23.9 Å². The Morgan fingerprint density at radius 2 is 1.72 bits per heavy atom. The van der Waals surface area contributed by atoms with Crippen molar-refractivity contribution in [1.82, 2.24) is 5.32 Å². The zero-order valence-corrected chi connectivity index (χ0v) is 19.6. The summed E-state index contributed by atoms with van der Waals surface area (Å²) in [6.45, 7) is 4.79. The van der Waals surface area contributed by atoms with Crippen LogP contribution in [-0.4, -0.2) is 42.6 Å². The number of hydrogen-bond acceptors (Lipinski definition) is 4. The van der Waals surface area contributed by atoms with Crippen molar-refractivity contribution in [2.45, 2.75) is 64.6 Å². The van der Waals surface area contributed by atoms with Gasteiger partial charge in [-0.05, 0) is 18.9 Å². The molecule has 172 valence electrons. The van der Waals surface area contributed by atoms with Crippen molar-refractivity contribution in [2.24, 2.45) is 10.9 Å². The molecule has 0 bridgehead atoms. The van der Waals surface area contributed by atoms with Crippen LogP contribution in [0.4, 0.5) is 5.69 Å². The molecule has 5 heteroatoms. The van der Waals surface area contributed by atoms with E-state index in [1.807, 2.05) is 37.4 Å². The molecule has 0 saturated carbocycles. The first-order chi connectivity index (χ1) is 15.5. The van der Waals surface area contributed by atoms with Crippen molar-refractivity contribution in [2.75, 3.05) is 18.5 Å². The van der Waals surface area contributed by atoms with E-state index in [1.165, 1.54) is 0 Å². The maximum atomic E-state index is 13.3. The Balaban J connectivity index is 1.88. The molecule has 32 heavy (non-hydrogen) atoms. The molecular formula is C27H37N3O2. The molecule has 2 N–H and O–H groups in total. The summed E-state index contributed by atoms with van der Waals surface area (Å²) >= 11 is 0. The minimum atomic E-state index is -0.611. The summed E-state index contributed by atoms with van der Waals surface area (Å²) in [6.07, 6.45) is 4.22. The maximum Gasteiger partial charge on any atom is 0.227 e. The lowest BCUT2D eigenvalue weighted by molar-refractivity contribution is -0.129. The molecule has 2 aromatic carbocycles. The predicted molar refractivity (Wildman–Crippen MR) is 132 cm³/mol. The van der Waals surface area contributed by atoms with Crippen LogP contribution in [0.3, 0.4) is 0 Å². The SMILES string of the molecule is CCCCC(O)C(CCCC)C(=O)N[C@@H]1CN(C)c2ccccc2C(c2ccccc2)=N1. The van der Waals surface area contributed by atoms with Crippen LogP contribution in [0.25, 0.3) is 0 Å². The second-order valence-corrected chi connectivity index (χ2v) is 8.72. The van der Waals surface area contributed by atoms with Crippen LogP contribution in [0.5, 0.6) is 0 Å². The molecule has 0 radical (unpaired) electrons. The largest absolute Gasteiger partial charge is 0.392 e. The van der Waals surface area contributed by atoms with Gasteiger partial charge < -0.3 is 15.3 Å². The van der Waals surface area contributed by atoms with E-state index in [1.54, 1.807) is 0 Å². The van der Waals surface area contributed by atoms with E-state index in [4.69, 9.17) is 4.99 Å². The Morgan fingerprint density at radius 3 is 2.44 bits per heavy atom. The lowest BCUT2D eigenvalue weighted by atomic mass is 9.91. The number of nitrogens with one attached hydrogen (secondary N) is 1. The summed E-state index contributed by atoms with van der Waals surface area (Å²) in [7, 11) is 2.03. The van der Waals surface area contributed by atoms with Gasteiger partial charge in [0.1, 0.15) is 6.17 Å². The normalized spacial score (nSPS) is 17.7. The number of carbonyl (C=O) groups excluding carboxylic acids is 1. The zero-order chi connectivity index (χ0) is 22.9. The molecule has 3 rings (SSSR count). The van der Waals surface area contributed by atoms with Gasteiger partial charge in [-0.3, -0.25) is 9.79 Å². The number of nitrogens with zero attached hydrogens (tertiary/aromatic N) is 2. The summed E-state index contributed by atoms with van der Waals surface area (Å²) in [6, 6.07) is 18.3. The molecule has 1 heterocycles. The fourth-order valence-electron chi connectivity index (χ4n) is 4.34. The first-order valence-electron chi connectivity index (χ1n) is 12.0. The van der Waals surface area contributed by atoms with Crippen LogP contribution >= 0.6 is 0 Å². The average molecular weight is 436 g/mol. The number of fused-ring (bicyclic) bond motifs is 1. The van der Waals surface area contributed by atoms with E-state index >= 15 is 0 Å². The fourth-order valence-corrected chi connectivity index (χ4v) is 4.34. The lowest BCUT2D eigenvalue weighted by Crippen LogP contribution is -2.46. The van der Waals surface area contributed by atoms with Crippen LogP contribution in [-0.2, 0) is 4.79 Å². The number of rotatable bonds is 10. The highest BCUT2D eigenvalue weighted by molar-refractivity contribution is 6.16. The zero-order valence-electron chi connectivity index (χ0n) is 19.6. The number of amides is 1. The molecule has 5 nitrogen and oxygen atoms in total. The molecule has 3 atom stereocenters. The van der Waals surface area contributed by atoms with Crippen molar-refractivity contribution in [1.29, 1.82) is 0 Å². The minimum Gasteiger partial charge on any atom is -0.392 e. The van der Waals surface area contributed by atoms with Crippen molar-refractivity contribution < 1.29 is 9.90 Å². The van der Waals surface area contributed by atoms with Crippen molar-refractivity contribution in [3.8, 4) is 0 Å². The number of anilines is 1. The standard InChI is InChI=1S/C27H37N3O2/c1-4-6-15-22(24(31)18-7-5-2)27(32)29-25-19-30(3)23-17-12-11-16-21(23)26(28-25)20-13-9-8-10-14-20/h8-14,16-17,22,24-25,31H,4-7,15,18-19H2,1-3H3,(H,29,32)/t22?,24?,25-/m1/s1. The second kappa shape index (κ2) is 11.8. The molecule has 0 aromatic heterocycles. The number of aliphatic hydroxyl groups is 1. The molecule has 0 spiro atoms. The number of para-hydroxylation sites is 1. The topological polar surface area (TPSA) is 64.9 Å². The number of benzodiazepines with no additional fused rings is 1. The molecule has 0 fully saturated rings.